The molecule has 0 radical (unpaired) electrons. The molecule has 2 N–H and O–H groups in total. The van der Waals surface area contributed by atoms with Gasteiger partial charge in [0.15, 0.2) is 0 Å². The van der Waals surface area contributed by atoms with Crippen LogP contribution in [-0.4, -0.2) is 22.0 Å². The first-order chi connectivity index (χ1) is 9.95. The second-order valence-corrected chi connectivity index (χ2v) is 6.29. The Labute approximate surface area is 143 Å². The molecule has 0 saturated heterocycles. The van der Waals surface area contributed by atoms with Crippen molar-refractivity contribution in [3.63, 3.8) is 0 Å². The van der Waals surface area contributed by atoms with Crippen LogP contribution in [0.15, 0.2) is 41.0 Å². The Kier molecular flexibility index (Phi) is 5.29. The highest BCUT2D eigenvalue weighted by atomic mass is 127. The van der Waals surface area contributed by atoms with Crippen molar-refractivity contribution in [2.75, 3.05) is 5.32 Å². The summed E-state index contributed by atoms with van der Waals surface area (Å²) in [5, 5.41) is 11.4. The lowest BCUT2D eigenvalue weighted by molar-refractivity contribution is -0.136. The number of benzene rings is 1. The first kappa shape index (κ1) is 15.9. The van der Waals surface area contributed by atoms with Gasteiger partial charge in [-0.3, -0.25) is 14.6 Å². The van der Waals surface area contributed by atoms with E-state index in [-0.39, 0.29) is 12.3 Å². The third-order valence-corrected chi connectivity index (χ3v) is 3.95. The molecule has 1 aromatic carbocycles. The number of aromatic nitrogens is 1. The molecule has 0 bridgehead atoms. The van der Waals surface area contributed by atoms with Gasteiger partial charge in [-0.25, -0.2) is 0 Å². The van der Waals surface area contributed by atoms with Crippen molar-refractivity contribution in [3.8, 4) is 0 Å². The molecular weight excluding hydrogens is 451 g/mol. The van der Waals surface area contributed by atoms with Crippen LogP contribution >= 0.6 is 38.5 Å². The SMILES string of the molecule is O=C(O)Cc1ccc(NC(=O)c2cc(I)ccc2Br)cn1. The minimum atomic E-state index is -0.943. The summed E-state index contributed by atoms with van der Waals surface area (Å²) in [5.41, 5.74) is 1.48. The fraction of sp³-hybridized carbons (Fsp3) is 0.0714. The smallest absolute Gasteiger partial charge is 0.309 e. The number of carbonyl (C=O) groups is 2. The van der Waals surface area contributed by atoms with Crippen molar-refractivity contribution in [2.45, 2.75) is 6.42 Å². The number of hydrogen-bond acceptors (Lipinski definition) is 3. The van der Waals surface area contributed by atoms with Gasteiger partial charge in [0.1, 0.15) is 0 Å². The second-order valence-electron chi connectivity index (χ2n) is 4.19. The van der Waals surface area contributed by atoms with E-state index in [2.05, 4.69) is 48.8 Å². The lowest BCUT2D eigenvalue weighted by Gasteiger charge is -2.07. The number of nitrogens with one attached hydrogen (secondary N) is 1. The molecular formula is C14H10BrIN2O3. The maximum atomic E-state index is 12.2. The number of halogens is 2. The normalized spacial score (nSPS) is 10.2. The Balaban J connectivity index is 2.12. The average molecular weight is 461 g/mol. The fourth-order valence-corrected chi connectivity index (χ4v) is 2.55. The van der Waals surface area contributed by atoms with Gasteiger partial charge in [0, 0.05) is 8.04 Å². The lowest BCUT2D eigenvalue weighted by atomic mass is 10.2. The number of amides is 1. The van der Waals surface area contributed by atoms with Gasteiger partial charge in [0.05, 0.1) is 29.6 Å². The Morgan fingerprint density at radius 2 is 2.05 bits per heavy atom. The molecule has 0 aliphatic carbocycles. The van der Waals surface area contributed by atoms with Gasteiger partial charge < -0.3 is 10.4 Å². The Bertz CT molecular complexity index is 689. The van der Waals surface area contributed by atoms with E-state index in [9.17, 15) is 9.59 Å². The molecule has 1 amide bonds. The number of carbonyl (C=O) groups excluding carboxylic acids is 1. The molecule has 2 rings (SSSR count). The van der Waals surface area contributed by atoms with Gasteiger partial charge >= 0.3 is 5.97 Å². The zero-order chi connectivity index (χ0) is 15.4. The summed E-state index contributed by atoms with van der Waals surface area (Å²) in [6, 6.07) is 8.68. The number of rotatable bonds is 4. The number of aliphatic carboxylic acids is 1. The van der Waals surface area contributed by atoms with Crippen LogP contribution in [0, 0.1) is 3.57 Å². The summed E-state index contributed by atoms with van der Waals surface area (Å²) in [6.07, 6.45) is 1.30. The summed E-state index contributed by atoms with van der Waals surface area (Å²) in [7, 11) is 0. The van der Waals surface area contributed by atoms with E-state index in [1.54, 1.807) is 18.2 Å². The first-order valence-electron chi connectivity index (χ1n) is 5.89. The number of pyridine rings is 1. The number of anilines is 1. The van der Waals surface area contributed by atoms with Crippen LogP contribution in [0.4, 0.5) is 5.69 Å². The highest BCUT2D eigenvalue weighted by molar-refractivity contribution is 14.1. The monoisotopic (exact) mass is 460 g/mol. The van der Waals surface area contributed by atoms with E-state index >= 15 is 0 Å². The van der Waals surface area contributed by atoms with Crippen LogP contribution in [0.1, 0.15) is 16.1 Å². The summed E-state index contributed by atoms with van der Waals surface area (Å²) < 4.78 is 1.66. The molecule has 0 spiro atoms. The molecule has 21 heavy (non-hydrogen) atoms. The fourth-order valence-electron chi connectivity index (χ4n) is 1.63. The summed E-state index contributed by atoms with van der Waals surface area (Å²) in [4.78, 5) is 26.8. The minimum absolute atomic E-state index is 0.142. The number of nitrogens with zero attached hydrogens (tertiary/aromatic N) is 1. The van der Waals surface area contributed by atoms with Crippen molar-refractivity contribution in [3.05, 3.63) is 55.8 Å². The van der Waals surface area contributed by atoms with Gasteiger partial charge in [0.25, 0.3) is 5.91 Å². The Morgan fingerprint density at radius 3 is 2.67 bits per heavy atom. The largest absolute Gasteiger partial charge is 0.481 e. The Hall–Kier alpha value is -1.48. The Morgan fingerprint density at radius 1 is 1.29 bits per heavy atom. The number of carboxylic acid groups (broad SMARTS) is 1. The highest BCUT2D eigenvalue weighted by Gasteiger charge is 2.11. The topological polar surface area (TPSA) is 79.3 Å². The summed E-state index contributed by atoms with van der Waals surface area (Å²) >= 11 is 5.47. The molecule has 0 aliphatic heterocycles. The zero-order valence-corrected chi connectivity index (χ0v) is 14.4. The van der Waals surface area contributed by atoms with Crippen LogP contribution in [0.3, 0.4) is 0 Å². The van der Waals surface area contributed by atoms with E-state index in [0.29, 0.717) is 21.4 Å². The predicted molar refractivity (Wildman–Crippen MR) is 90.4 cm³/mol. The predicted octanol–water partition coefficient (Wildman–Crippen LogP) is 3.33. The van der Waals surface area contributed by atoms with Gasteiger partial charge in [-0.2, -0.15) is 0 Å². The van der Waals surface area contributed by atoms with Crippen LogP contribution < -0.4 is 5.32 Å². The average Bonchev–Trinajstić information content (AvgIpc) is 2.43. The molecule has 108 valence electrons. The maximum Gasteiger partial charge on any atom is 0.309 e. The quantitative estimate of drug-likeness (QED) is 0.686. The van der Waals surface area contributed by atoms with Gasteiger partial charge in [-0.1, -0.05) is 0 Å². The molecule has 0 fully saturated rings. The van der Waals surface area contributed by atoms with Gasteiger partial charge in [-0.05, 0) is 68.9 Å². The molecule has 0 atom stereocenters. The van der Waals surface area contributed by atoms with Crippen LogP contribution in [0.25, 0.3) is 0 Å². The number of carboxylic acids is 1. The maximum absolute atomic E-state index is 12.2. The molecule has 0 saturated carbocycles. The van der Waals surface area contributed by atoms with E-state index in [1.165, 1.54) is 6.20 Å². The molecule has 0 aliphatic rings. The van der Waals surface area contributed by atoms with Crippen molar-refractivity contribution in [1.29, 1.82) is 0 Å². The zero-order valence-electron chi connectivity index (χ0n) is 10.6. The summed E-state index contributed by atoms with van der Waals surface area (Å²) in [6.45, 7) is 0. The lowest BCUT2D eigenvalue weighted by Crippen LogP contribution is -2.13. The third-order valence-electron chi connectivity index (χ3n) is 2.59. The van der Waals surface area contributed by atoms with Gasteiger partial charge in [-0.15, -0.1) is 0 Å². The molecule has 2 aromatic rings. The van der Waals surface area contributed by atoms with E-state index < -0.39 is 5.97 Å². The van der Waals surface area contributed by atoms with Crippen LogP contribution in [-0.2, 0) is 11.2 Å². The van der Waals surface area contributed by atoms with Crippen LogP contribution in [0.2, 0.25) is 0 Å². The number of hydrogen-bond donors (Lipinski definition) is 2. The van der Waals surface area contributed by atoms with E-state index in [0.717, 1.165) is 3.57 Å². The summed E-state index contributed by atoms with van der Waals surface area (Å²) in [5.74, 6) is -1.20. The van der Waals surface area contributed by atoms with E-state index in [1.807, 2.05) is 12.1 Å². The van der Waals surface area contributed by atoms with Crippen molar-refractivity contribution < 1.29 is 14.7 Å². The van der Waals surface area contributed by atoms with Crippen LogP contribution in [0.5, 0.6) is 0 Å². The molecule has 1 aromatic heterocycles. The third kappa shape index (κ3) is 4.50. The molecule has 7 heteroatoms. The van der Waals surface area contributed by atoms with E-state index in [4.69, 9.17) is 5.11 Å². The van der Waals surface area contributed by atoms with Crippen molar-refractivity contribution >= 4 is 56.1 Å². The second kappa shape index (κ2) is 6.99. The molecule has 1 heterocycles. The van der Waals surface area contributed by atoms with Crippen molar-refractivity contribution in [2.24, 2.45) is 0 Å². The molecule has 0 unspecified atom stereocenters. The minimum Gasteiger partial charge on any atom is -0.481 e. The highest BCUT2D eigenvalue weighted by Crippen LogP contribution is 2.20. The standard InChI is InChI=1S/C14H10BrIN2O3/c15-12-4-1-8(16)5-11(12)14(21)18-10-3-2-9(17-7-10)6-13(19)20/h1-5,7H,6H2,(H,18,21)(H,19,20). The first-order valence-corrected chi connectivity index (χ1v) is 7.76. The molecule has 5 nitrogen and oxygen atoms in total. The van der Waals surface area contributed by atoms with Gasteiger partial charge in [0.2, 0.25) is 0 Å². The van der Waals surface area contributed by atoms with Crippen molar-refractivity contribution in [1.82, 2.24) is 4.98 Å².